The number of rotatable bonds is 23. The number of carbonyl (C=O) groups excluding carboxylic acids is 1. The van der Waals surface area contributed by atoms with E-state index in [1.807, 2.05) is 0 Å². The van der Waals surface area contributed by atoms with Gasteiger partial charge in [-0.15, -0.1) is 11.8 Å². The lowest BCUT2D eigenvalue weighted by Crippen LogP contribution is -2.28. The quantitative estimate of drug-likeness (QED) is 0.0650. The van der Waals surface area contributed by atoms with Crippen molar-refractivity contribution in [3.63, 3.8) is 0 Å². The van der Waals surface area contributed by atoms with Crippen molar-refractivity contribution in [2.45, 2.75) is 76.4 Å². The molecule has 0 radical (unpaired) electrons. The van der Waals surface area contributed by atoms with E-state index in [0.29, 0.717) is 35.9 Å². The van der Waals surface area contributed by atoms with Crippen LogP contribution in [0.2, 0.25) is 5.02 Å². The minimum Gasteiger partial charge on any atom is -0.424 e. The monoisotopic (exact) mass is 744 g/mol. The van der Waals surface area contributed by atoms with Crippen LogP contribution in [0.1, 0.15) is 70.9 Å². The summed E-state index contributed by atoms with van der Waals surface area (Å²) < 4.78 is 32.8. The molecule has 3 rings (SSSR count). The summed E-state index contributed by atoms with van der Waals surface area (Å²) in [6.07, 6.45) is 29.9. The van der Waals surface area contributed by atoms with Crippen molar-refractivity contribution >= 4 is 42.7 Å². The van der Waals surface area contributed by atoms with Crippen LogP contribution in [-0.4, -0.2) is 46.0 Å². The van der Waals surface area contributed by atoms with Crippen LogP contribution in [0.25, 0.3) is 0 Å². The van der Waals surface area contributed by atoms with Crippen LogP contribution in [0.4, 0.5) is 5.82 Å². The van der Waals surface area contributed by atoms with Gasteiger partial charge in [-0.2, -0.15) is 4.98 Å². The zero-order valence-electron chi connectivity index (χ0n) is 28.7. The second-order valence-corrected chi connectivity index (χ2v) is 15.1. The van der Waals surface area contributed by atoms with Gasteiger partial charge in [0.2, 0.25) is 5.91 Å². The Morgan fingerprint density at radius 2 is 1.66 bits per heavy atom. The maximum Gasteiger partial charge on any atom is 0.379 e. The topological polar surface area (TPSA) is 135 Å². The van der Waals surface area contributed by atoms with E-state index in [-0.39, 0.29) is 24.5 Å². The third-order valence-electron chi connectivity index (χ3n) is 7.22. The summed E-state index contributed by atoms with van der Waals surface area (Å²) in [6.45, 7) is 2.45. The first kappa shape index (κ1) is 41.1. The first-order valence-electron chi connectivity index (χ1n) is 17.1. The molecule has 1 fully saturated rings. The van der Waals surface area contributed by atoms with Gasteiger partial charge in [0.25, 0.3) is 0 Å². The summed E-state index contributed by atoms with van der Waals surface area (Å²) in [4.78, 5) is 28.3. The predicted octanol–water partition coefficient (Wildman–Crippen LogP) is 8.78. The van der Waals surface area contributed by atoms with Gasteiger partial charge >= 0.3 is 13.3 Å². The Balaban J connectivity index is 1.32. The first-order chi connectivity index (χ1) is 24.3. The first-order valence-corrected chi connectivity index (χ1v) is 20.3. The van der Waals surface area contributed by atoms with Gasteiger partial charge in [-0.3, -0.25) is 13.9 Å². The van der Waals surface area contributed by atoms with Crippen molar-refractivity contribution in [1.82, 2.24) is 14.9 Å². The minimum absolute atomic E-state index is 0.0225. The molecule has 0 saturated carbocycles. The molecule has 1 saturated heterocycles. The summed E-state index contributed by atoms with van der Waals surface area (Å²) >= 11 is 7.43. The number of halogens is 1. The molecule has 1 aromatic carbocycles. The summed E-state index contributed by atoms with van der Waals surface area (Å²) in [6, 6.07) is 8.04. The molecule has 1 aromatic heterocycles. The van der Waals surface area contributed by atoms with Crippen LogP contribution in [0.5, 0.6) is 5.75 Å². The van der Waals surface area contributed by atoms with E-state index >= 15 is 0 Å². The molecule has 0 aliphatic carbocycles. The molecule has 3 atom stereocenters. The number of carbonyl (C=O) groups is 1. The Bertz CT molecular complexity index is 1560. The third-order valence-corrected chi connectivity index (χ3v) is 10.5. The smallest absolute Gasteiger partial charge is 0.379 e. The number of hydrogen-bond donors (Lipinski definition) is 2. The Morgan fingerprint density at radius 3 is 2.30 bits per heavy atom. The minimum atomic E-state index is -3.64. The number of ether oxygens (including phenoxy) is 1. The highest BCUT2D eigenvalue weighted by molar-refractivity contribution is 8.00. The van der Waals surface area contributed by atoms with Crippen molar-refractivity contribution in [2.75, 3.05) is 30.8 Å². The highest BCUT2D eigenvalue weighted by atomic mass is 35.5. The van der Waals surface area contributed by atoms with Crippen molar-refractivity contribution in [2.24, 2.45) is 0 Å². The van der Waals surface area contributed by atoms with Crippen LogP contribution in [0.3, 0.4) is 0 Å². The normalized spacial score (nSPS) is 17.9. The van der Waals surface area contributed by atoms with E-state index in [1.54, 1.807) is 24.3 Å². The Hall–Kier alpha value is -3.34. The lowest BCUT2D eigenvalue weighted by Gasteiger charge is -2.21. The second-order valence-electron chi connectivity index (χ2n) is 11.4. The molecule has 3 N–H and O–H groups in total. The number of amides is 1. The molecule has 13 heteroatoms. The summed E-state index contributed by atoms with van der Waals surface area (Å²) in [5.41, 5.74) is 4.60. The van der Waals surface area contributed by atoms with E-state index in [2.05, 4.69) is 78.0 Å². The van der Waals surface area contributed by atoms with Crippen LogP contribution in [-0.2, 0) is 18.6 Å². The molecule has 1 aliphatic heterocycles. The number of benzene rings is 1. The molecular formula is C37H50ClN4O6PS. The molecule has 0 spiro atoms. The van der Waals surface area contributed by atoms with Gasteiger partial charge in [0.15, 0.2) is 0 Å². The van der Waals surface area contributed by atoms with E-state index < -0.39 is 24.9 Å². The molecule has 0 bridgehead atoms. The summed E-state index contributed by atoms with van der Waals surface area (Å²) in [5, 5.41) is 3.42. The second kappa shape index (κ2) is 24.0. The summed E-state index contributed by atoms with van der Waals surface area (Å²) in [5.74, 6) is 0.916. The number of hydrogen-bond acceptors (Lipinski definition) is 9. The fraction of sp³-hybridized carbons (Fsp3) is 0.432. The van der Waals surface area contributed by atoms with Gasteiger partial charge in [0.05, 0.1) is 12.8 Å². The van der Waals surface area contributed by atoms with Gasteiger partial charge in [0, 0.05) is 29.9 Å². The number of unbranched alkanes of at least 4 members (excludes halogenated alkanes) is 1. The zero-order valence-corrected chi connectivity index (χ0v) is 31.2. The molecular weight excluding hydrogens is 695 g/mol. The molecule has 272 valence electrons. The van der Waals surface area contributed by atoms with Gasteiger partial charge < -0.3 is 20.3 Å². The lowest BCUT2D eigenvalue weighted by molar-refractivity contribution is -0.121. The zero-order chi connectivity index (χ0) is 35.9. The van der Waals surface area contributed by atoms with E-state index in [4.69, 9.17) is 31.1 Å². The van der Waals surface area contributed by atoms with E-state index in [9.17, 15) is 14.2 Å². The standard InChI is InChI=1S/C37H50ClN4O6PS/c1-2-3-4-5-6-7-8-9-10-11-12-13-14-15-16-17-18-20-34(43)40-26-19-28-49(45,48-32-23-21-31(38)22-24-32)46-29-36-47-35(30-50-36)42-27-25-33(39)41-37(42)44/h3-4,6-7,9-10,12-13,15-16,21-25,27,35-36H,2,5,8,11,14,17-20,26,28-30H2,1H3,(H,40,43)(H2,39,41,44)/b4-3-,7-6-,10-9-,13-12-,16-15-/t35?,36-,49?/m1/s1. The van der Waals surface area contributed by atoms with E-state index in [1.165, 1.54) is 28.6 Å². The van der Waals surface area contributed by atoms with Gasteiger partial charge in [-0.25, -0.2) is 9.36 Å². The van der Waals surface area contributed by atoms with Crippen molar-refractivity contribution in [3.8, 4) is 5.75 Å². The molecule has 2 heterocycles. The Morgan fingerprint density at radius 1 is 1.02 bits per heavy atom. The van der Waals surface area contributed by atoms with Crippen LogP contribution in [0.15, 0.2) is 102 Å². The highest BCUT2D eigenvalue weighted by Gasteiger charge is 2.33. The maximum absolute atomic E-state index is 13.8. The average Bonchev–Trinajstić information content (AvgIpc) is 3.57. The molecule has 1 aliphatic rings. The number of nitrogens with zero attached hydrogens (tertiary/aromatic N) is 2. The number of anilines is 1. The predicted molar refractivity (Wildman–Crippen MR) is 206 cm³/mol. The fourth-order valence-electron chi connectivity index (χ4n) is 4.63. The number of aromatic nitrogens is 2. The summed E-state index contributed by atoms with van der Waals surface area (Å²) in [7, 11) is -3.64. The third kappa shape index (κ3) is 17.1. The van der Waals surface area contributed by atoms with Crippen molar-refractivity contribution < 1.29 is 23.1 Å². The number of allylic oxidation sites excluding steroid dienone is 10. The molecule has 2 aromatic rings. The molecule has 10 nitrogen and oxygen atoms in total. The Kier molecular flexibility index (Phi) is 19.7. The lowest BCUT2D eigenvalue weighted by atomic mass is 10.2. The van der Waals surface area contributed by atoms with Crippen LogP contribution < -0.4 is 21.3 Å². The molecule has 2 unspecified atom stereocenters. The fourth-order valence-corrected chi connectivity index (χ4v) is 7.47. The van der Waals surface area contributed by atoms with Crippen molar-refractivity contribution in [1.29, 1.82) is 0 Å². The number of nitrogen functional groups attached to an aromatic ring is 1. The number of nitrogens with two attached hydrogens (primary N) is 1. The van der Waals surface area contributed by atoms with E-state index in [0.717, 1.165) is 44.9 Å². The number of thioether (sulfide) groups is 1. The van der Waals surface area contributed by atoms with Gasteiger partial charge in [0.1, 0.15) is 23.2 Å². The molecule has 1 amide bonds. The van der Waals surface area contributed by atoms with Gasteiger partial charge in [-0.05, 0) is 81.7 Å². The Labute approximate surface area is 305 Å². The average molecular weight is 745 g/mol. The number of nitrogens with one attached hydrogen (secondary N) is 1. The van der Waals surface area contributed by atoms with Gasteiger partial charge in [-0.1, -0.05) is 79.3 Å². The van der Waals surface area contributed by atoms with Crippen LogP contribution >= 0.6 is 31.0 Å². The van der Waals surface area contributed by atoms with Crippen LogP contribution in [0, 0.1) is 0 Å². The highest BCUT2D eigenvalue weighted by Crippen LogP contribution is 2.50. The van der Waals surface area contributed by atoms with Crippen molar-refractivity contribution in [3.05, 3.63) is 113 Å². The maximum atomic E-state index is 13.8. The molecule has 50 heavy (non-hydrogen) atoms. The SMILES string of the molecule is CC/C=C\C/C=C\C/C=C\C/C=C\C/C=C\CCCC(=O)NCCCP(=O)(OC[C@@H]1OC(n2ccc(N)nc2=O)CS1)Oc1ccc(Cl)cc1. The largest absolute Gasteiger partial charge is 0.424 e.